The van der Waals surface area contributed by atoms with Gasteiger partial charge in [-0.25, -0.2) is 0 Å². The van der Waals surface area contributed by atoms with Gasteiger partial charge in [0.25, 0.3) is 5.56 Å². The molecule has 0 radical (unpaired) electrons. The molecule has 0 spiro atoms. The third-order valence-corrected chi connectivity index (χ3v) is 3.64. The second-order valence-corrected chi connectivity index (χ2v) is 4.83. The van der Waals surface area contributed by atoms with Crippen molar-refractivity contribution in [2.24, 2.45) is 5.73 Å². The van der Waals surface area contributed by atoms with Crippen molar-refractivity contribution >= 4 is 11.6 Å². The number of pyridine rings is 1. The van der Waals surface area contributed by atoms with Crippen LogP contribution >= 0.6 is 11.6 Å². The molecule has 0 unspecified atom stereocenters. The minimum absolute atomic E-state index is 0.0903. The smallest absolute Gasteiger partial charge is 0.252 e. The lowest BCUT2D eigenvalue weighted by Crippen LogP contribution is -2.20. The lowest BCUT2D eigenvalue weighted by atomic mass is 9.86. The van der Waals surface area contributed by atoms with Gasteiger partial charge in [0, 0.05) is 23.7 Å². The Morgan fingerprint density at radius 3 is 2.69 bits per heavy atom. The predicted octanol–water partition coefficient (Wildman–Crippen LogP) is 2.53. The molecule has 1 heterocycles. The normalized spacial score (nSPS) is 17.6. The highest BCUT2D eigenvalue weighted by atomic mass is 35.5. The summed E-state index contributed by atoms with van der Waals surface area (Å²) in [7, 11) is 0. The second-order valence-electron chi connectivity index (χ2n) is 4.42. The summed E-state index contributed by atoms with van der Waals surface area (Å²) in [5, 5.41) is 0.659. The Hall–Kier alpha value is -0.800. The molecule has 0 bridgehead atoms. The molecule has 16 heavy (non-hydrogen) atoms. The van der Waals surface area contributed by atoms with Gasteiger partial charge >= 0.3 is 0 Å². The summed E-state index contributed by atoms with van der Waals surface area (Å²) in [5.74, 6) is 0.417. The van der Waals surface area contributed by atoms with Crippen LogP contribution in [-0.2, 0) is 6.54 Å². The van der Waals surface area contributed by atoms with E-state index in [2.05, 4.69) is 4.98 Å². The zero-order chi connectivity index (χ0) is 11.5. The van der Waals surface area contributed by atoms with E-state index in [1.165, 1.54) is 19.3 Å². The van der Waals surface area contributed by atoms with Crippen LogP contribution in [-0.4, -0.2) is 4.98 Å². The van der Waals surface area contributed by atoms with Crippen molar-refractivity contribution in [2.45, 2.75) is 44.6 Å². The third kappa shape index (κ3) is 2.30. The van der Waals surface area contributed by atoms with Gasteiger partial charge in [0.2, 0.25) is 0 Å². The van der Waals surface area contributed by atoms with Crippen molar-refractivity contribution in [2.75, 3.05) is 0 Å². The van der Waals surface area contributed by atoms with E-state index in [4.69, 9.17) is 17.3 Å². The van der Waals surface area contributed by atoms with Crippen LogP contribution in [0.5, 0.6) is 0 Å². The van der Waals surface area contributed by atoms with Crippen LogP contribution in [0.2, 0.25) is 5.02 Å². The number of rotatable bonds is 2. The third-order valence-electron chi connectivity index (χ3n) is 3.33. The molecule has 0 aliphatic heterocycles. The highest BCUT2D eigenvalue weighted by Crippen LogP contribution is 2.34. The molecule has 1 aromatic heterocycles. The fraction of sp³-hybridized carbons (Fsp3) is 0.583. The SMILES string of the molecule is NCc1cc(Cl)c(C2CCCCC2)[nH]c1=O. The first-order valence-electron chi connectivity index (χ1n) is 5.84. The maximum atomic E-state index is 11.7. The summed E-state index contributed by atoms with van der Waals surface area (Å²) in [5.41, 5.74) is 6.84. The standard InChI is InChI=1S/C12H17ClN2O/c13-10-6-9(7-14)12(16)15-11(10)8-4-2-1-3-5-8/h6,8H,1-5,7,14H2,(H,15,16). The predicted molar refractivity (Wildman–Crippen MR) is 65.8 cm³/mol. The van der Waals surface area contributed by atoms with Gasteiger partial charge in [0.15, 0.2) is 0 Å². The molecular weight excluding hydrogens is 224 g/mol. The number of aromatic amines is 1. The zero-order valence-corrected chi connectivity index (χ0v) is 10.0. The fourth-order valence-electron chi connectivity index (χ4n) is 2.40. The van der Waals surface area contributed by atoms with E-state index in [0.29, 0.717) is 16.5 Å². The van der Waals surface area contributed by atoms with Crippen LogP contribution in [0.3, 0.4) is 0 Å². The number of hydrogen-bond donors (Lipinski definition) is 2. The first kappa shape index (κ1) is 11.7. The first-order chi connectivity index (χ1) is 7.72. The minimum Gasteiger partial charge on any atom is -0.326 e. The number of nitrogens with one attached hydrogen (secondary N) is 1. The van der Waals surface area contributed by atoms with Crippen molar-refractivity contribution in [1.82, 2.24) is 4.98 Å². The molecule has 3 N–H and O–H groups in total. The first-order valence-corrected chi connectivity index (χ1v) is 6.22. The number of hydrogen-bond acceptors (Lipinski definition) is 2. The summed E-state index contributed by atoms with van der Waals surface area (Å²) in [4.78, 5) is 14.6. The van der Waals surface area contributed by atoms with Crippen molar-refractivity contribution < 1.29 is 0 Å². The van der Waals surface area contributed by atoms with Gasteiger partial charge in [-0.3, -0.25) is 4.79 Å². The van der Waals surface area contributed by atoms with E-state index in [-0.39, 0.29) is 12.1 Å². The Morgan fingerprint density at radius 1 is 1.38 bits per heavy atom. The molecule has 1 aliphatic rings. The topological polar surface area (TPSA) is 58.9 Å². The molecule has 0 atom stereocenters. The number of nitrogens with two attached hydrogens (primary N) is 1. The van der Waals surface area contributed by atoms with Crippen LogP contribution in [0.25, 0.3) is 0 Å². The summed E-state index contributed by atoms with van der Waals surface area (Å²) in [6.07, 6.45) is 5.98. The largest absolute Gasteiger partial charge is 0.326 e. The van der Waals surface area contributed by atoms with Crippen molar-refractivity contribution in [3.63, 3.8) is 0 Å². The van der Waals surface area contributed by atoms with Gasteiger partial charge in [-0.1, -0.05) is 30.9 Å². The van der Waals surface area contributed by atoms with Crippen LogP contribution in [0.1, 0.15) is 49.3 Å². The molecule has 0 saturated heterocycles. The van der Waals surface area contributed by atoms with Gasteiger partial charge in [-0.2, -0.15) is 0 Å². The van der Waals surface area contributed by atoms with E-state index >= 15 is 0 Å². The number of halogens is 1. The molecule has 0 aromatic carbocycles. The molecule has 1 aromatic rings. The molecule has 1 fully saturated rings. The summed E-state index contributed by atoms with van der Waals surface area (Å²) in [6, 6.07) is 1.71. The van der Waals surface area contributed by atoms with Crippen molar-refractivity contribution in [3.05, 3.63) is 32.7 Å². The van der Waals surface area contributed by atoms with Gasteiger partial charge in [0.1, 0.15) is 0 Å². The monoisotopic (exact) mass is 240 g/mol. The van der Waals surface area contributed by atoms with Crippen molar-refractivity contribution in [1.29, 1.82) is 0 Å². The molecular formula is C12H17ClN2O. The molecule has 0 amide bonds. The summed E-state index contributed by atoms with van der Waals surface area (Å²) >= 11 is 6.19. The van der Waals surface area contributed by atoms with Gasteiger partial charge < -0.3 is 10.7 Å². The average molecular weight is 241 g/mol. The van der Waals surface area contributed by atoms with E-state index < -0.39 is 0 Å². The van der Waals surface area contributed by atoms with E-state index in [1.54, 1.807) is 6.07 Å². The van der Waals surface area contributed by atoms with Gasteiger partial charge in [-0.15, -0.1) is 0 Å². The molecule has 1 aliphatic carbocycles. The Morgan fingerprint density at radius 2 is 2.06 bits per heavy atom. The Balaban J connectivity index is 2.33. The van der Waals surface area contributed by atoms with E-state index in [9.17, 15) is 4.79 Å². The highest BCUT2D eigenvalue weighted by molar-refractivity contribution is 6.31. The molecule has 3 nitrogen and oxygen atoms in total. The lowest BCUT2D eigenvalue weighted by Gasteiger charge is -2.22. The Bertz CT molecular complexity index is 422. The minimum atomic E-state index is -0.0903. The molecule has 1 saturated carbocycles. The fourth-order valence-corrected chi connectivity index (χ4v) is 2.73. The average Bonchev–Trinajstić information content (AvgIpc) is 2.32. The van der Waals surface area contributed by atoms with Crippen LogP contribution in [0.15, 0.2) is 10.9 Å². The van der Waals surface area contributed by atoms with Crippen LogP contribution in [0, 0.1) is 0 Å². The van der Waals surface area contributed by atoms with Gasteiger partial charge in [-0.05, 0) is 18.9 Å². The lowest BCUT2D eigenvalue weighted by molar-refractivity contribution is 0.436. The Kier molecular flexibility index (Phi) is 3.66. The van der Waals surface area contributed by atoms with E-state index in [0.717, 1.165) is 18.5 Å². The zero-order valence-electron chi connectivity index (χ0n) is 9.26. The maximum absolute atomic E-state index is 11.7. The Labute approximate surface area is 100 Å². The molecule has 2 rings (SSSR count). The maximum Gasteiger partial charge on any atom is 0.252 e. The second kappa shape index (κ2) is 5.02. The number of H-pyrrole nitrogens is 1. The van der Waals surface area contributed by atoms with Crippen LogP contribution in [0.4, 0.5) is 0 Å². The number of aromatic nitrogens is 1. The molecule has 4 heteroatoms. The summed E-state index contributed by atoms with van der Waals surface area (Å²) < 4.78 is 0. The van der Waals surface area contributed by atoms with Crippen LogP contribution < -0.4 is 11.3 Å². The van der Waals surface area contributed by atoms with E-state index in [1.807, 2.05) is 0 Å². The quantitative estimate of drug-likeness (QED) is 0.835. The van der Waals surface area contributed by atoms with Gasteiger partial charge in [0.05, 0.1) is 5.02 Å². The van der Waals surface area contributed by atoms with Crippen molar-refractivity contribution in [3.8, 4) is 0 Å². The highest BCUT2D eigenvalue weighted by Gasteiger charge is 2.19. The molecule has 88 valence electrons. The summed E-state index contributed by atoms with van der Waals surface area (Å²) in [6.45, 7) is 0.236.